The highest BCUT2D eigenvalue weighted by Crippen LogP contribution is 2.24. The zero-order valence-electron chi connectivity index (χ0n) is 17.2. The van der Waals surface area contributed by atoms with Crippen LogP contribution < -0.4 is 4.74 Å². The number of rotatable bonds is 5. The van der Waals surface area contributed by atoms with Crippen LogP contribution in [-0.4, -0.2) is 53.4 Å². The smallest absolute Gasteiger partial charge is 0.484 e. The van der Waals surface area contributed by atoms with E-state index in [1.165, 1.54) is 17.6 Å². The van der Waals surface area contributed by atoms with E-state index in [1.807, 2.05) is 30.1 Å². The molecule has 170 valence electrons. The maximum absolute atomic E-state index is 10.6. The lowest BCUT2D eigenvalue weighted by atomic mass is 10.0. The van der Waals surface area contributed by atoms with Gasteiger partial charge in [0.2, 0.25) is 0 Å². The third-order valence-electron chi connectivity index (χ3n) is 4.67. The number of aromatic nitrogens is 5. The zero-order valence-corrected chi connectivity index (χ0v) is 17.2. The highest BCUT2D eigenvalue weighted by atomic mass is 19.4. The van der Waals surface area contributed by atoms with E-state index in [4.69, 9.17) is 14.6 Å². The molecule has 4 rings (SSSR count). The van der Waals surface area contributed by atoms with Crippen molar-refractivity contribution in [2.45, 2.75) is 32.3 Å². The molecule has 0 bridgehead atoms. The average Bonchev–Trinajstić information content (AvgIpc) is 3.08. The van der Waals surface area contributed by atoms with E-state index >= 15 is 0 Å². The fraction of sp³-hybridized carbons (Fsp3) is 0.350. The Morgan fingerprint density at radius 1 is 1.25 bits per heavy atom. The maximum atomic E-state index is 10.6. The predicted molar refractivity (Wildman–Crippen MR) is 105 cm³/mol. The molecule has 1 N–H and O–H groups in total. The molecule has 0 saturated carbocycles. The molecule has 0 fully saturated rings. The van der Waals surface area contributed by atoms with Gasteiger partial charge < -0.3 is 9.84 Å². The molecular weight excluding hydrogens is 429 g/mol. The number of fused-ring (bicyclic) bond motifs is 1. The van der Waals surface area contributed by atoms with E-state index in [9.17, 15) is 13.2 Å². The normalized spacial score (nSPS) is 13.6. The number of carboxylic acid groups (broad SMARTS) is 1. The Labute approximate surface area is 181 Å². The van der Waals surface area contributed by atoms with Crippen LogP contribution in [0.2, 0.25) is 0 Å². The summed E-state index contributed by atoms with van der Waals surface area (Å²) in [4.78, 5) is 23.7. The molecule has 0 radical (unpaired) electrons. The number of pyridine rings is 1. The van der Waals surface area contributed by atoms with Gasteiger partial charge in [-0.1, -0.05) is 6.07 Å². The summed E-state index contributed by atoms with van der Waals surface area (Å²) < 4.78 is 39.5. The van der Waals surface area contributed by atoms with Gasteiger partial charge in [0.25, 0.3) is 0 Å². The van der Waals surface area contributed by atoms with Gasteiger partial charge in [0.1, 0.15) is 18.6 Å². The van der Waals surface area contributed by atoms with Crippen molar-refractivity contribution in [3.63, 3.8) is 0 Å². The lowest BCUT2D eigenvalue weighted by Gasteiger charge is -2.27. The lowest BCUT2D eigenvalue weighted by molar-refractivity contribution is -0.192. The first-order chi connectivity index (χ1) is 15.2. The Balaban J connectivity index is 0.000000360. The number of alkyl halides is 3. The molecule has 9 nitrogen and oxygen atoms in total. The Morgan fingerprint density at radius 3 is 2.59 bits per heavy atom. The molecule has 1 aliphatic heterocycles. The molecule has 3 aromatic rings. The van der Waals surface area contributed by atoms with Crippen molar-refractivity contribution >= 4 is 5.97 Å². The van der Waals surface area contributed by atoms with Crippen LogP contribution in [0.5, 0.6) is 5.75 Å². The number of carboxylic acids is 1. The molecular formula is C20H21F3N6O3. The van der Waals surface area contributed by atoms with Crippen LogP contribution >= 0.6 is 0 Å². The third kappa shape index (κ3) is 6.23. The monoisotopic (exact) mass is 450 g/mol. The van der Waals surface area contributed by atoms with Crippen LogP contribution in [-0.2, 0) is 38.0 Å². The minimum atomic E-state index is -5.08. The van der Waals surface area contributed by atoms with Crippen LogP contribution in [0, 0.1) is 0 Å². The molecule has 0 unspecified atom stereocenters. The number of carbonyl (C=O) groups is 1. The first kappa shape index (κ1) is 23.1. The van der Waals surface area contributed by atoms with Gasteiger partial charge in [0, 0.05) is 50.6 Å². The molecule has 12 heteroatoms. The fourth-order valence-corrected chi connectivity index (χ4v) is 3.21. The van der Waals surface area contributed by atoms with Crippen LogP contribution in [0.3, 0.4) is 0 Å². The van der Waals surface area contributed by atoms with Gasteiger partial charge >= 0.3 is 12.1 Å². The van der Waals surface area contributed by atoms with Gasteiger partial charge in [-0.25, -0.2) is 14.8 Å². The van der Waals surface area contributed by atoms with E-state index in [0.29, 0.717) is 12.4 Å². The first-order valence-electron chi connectivity index (χ1n) is 9.58. The SMILES string of the molecule is Cn1nc(COc2cncnc2)c2c1CCN(Cc1ccccn1)C2.O=C(O)C(F)(F)F. The molecule has 0 saturated heterocycles. The Bertz CT molecular complexity index is 1030. The van der Waals surface area contributed by atoms with Crippen LogP contribution in [0.4, 0.5) is 13.2 Å². The summed E-state index contributed by atoms with van der Waals surface area (Å²) in [6.07, 6.45) is 2.56. The van der Waals surface area contributed by atoms with E-state index in [0.717, 1.165) is 37.4 Å². The minimum absolute atomic E-state index is 0.425. The lowest BCUT2D eigenvalue weighted by Crippen LogP contribution is -2.31. The van der Waals surface area contributed by atoms with Crippen molar-refractivity contribution in [3.8, 4) is 5.75 Å². The summed E-state index contributed by atoms with van der Waals surface area (Å²) in [5.74, 6) is -2.10. The largest absolute Gasteiger partial charge is 0.490 e. The molecule has 1 aliphatic rings. The highest BCUT2D eigenvalue weighted by Gasteiger charge is 2.38. The van der Waals surface area contributed by atoms with Gasteiger partial charge in [-0.3, -0.25) is 14.6 Å². The minimum Gasteiger partial charge on any atom is -0.484 e. The molecule has 32 heavy (non-hydrogen) atoms. The molecule has 4 heterocycles. The summed E-state index contributed by atoms with van der Waals surface area (Å²) >= 11 is 0. The van der Waals surface area contributed by atoms with Crippen molar-refractivity contribution in [2.75, 3.05) is 6.54 Å². The maximum Gasteiger partial charge on any atom is 0.490 e. The number of aryl methyl sites for hydroxylation is 1. The van der Waals surface area contributed by atoms with Gasteiger partial charge in [0.15, 0.2) is 5.75 Å². The average molecular weight is 450 g/mol. The van der Waals surface area contributed by atoms with Crippen molar-refractivity contribution in [1.29, 1.82) is 0 Å². The van der Waals surface area contributed by atoms with Gasteiger partial charge in [-0.2, -0.15) is 18.3 Å². The van der Waals surface area contributed by atoms with Crippen molar-refractivity contribution in [1.82, 2.24) is 29.6 Å². The number of hydrogen-bond donors (Lipinski definition) is 1. The quantitative estimate of drug-likeness (QED) is 0.632. The number of ether oxygens (including phenoxy) is 1. The summed E-state index contributed by atoms with van der Waals surface area (Å²) in [5.41, 5.74) is 4.63. The Hall–Kier alpha value is -3.54. The fourth-order valence-electron chi connectivity index (χ4n) is 3.21. The van der Waals surface area contributed by atoms with Crippen molar-refractivity contribution in [2.24, 2.45) is 7.05 Å². The van der Waals surface area contributed by atoms with Crippen LogP contribution in [0.1, 0.15) is 22.6 Å². The summed E-state index contributed by atoms with van der Waals surface area (Å²) in [6, 6.07) is 6.04. The number of aliphatic carboxylic acids is 1. The van der Waals surface area contributed by atoms with Crippen LogP contribution in [0.25, 0.3) is 0 Å². The van der Waals surface area contributed by atoms with Crippen LogP contribution in [0.15, 0.2) is 43.1 Å². The second-order valence-electron chi connectivity index (χ2n) is 6.94. The van der Waals surface area contributed by atoms with Crippen molar-refractivity contribution in [3.05, 3.63) is 65.8 Å². The van der Waals surface area contributed by atoms with Crippen molar-refractivity contribution < 1.29 is 27.8 Å². The first-order valence-corrected chi connectivity index (χ1v) is 9.58. The predicted octanol–water partition coefficient (Wildman–Crippen LogP) is 2.38. The zero-order chi connectivity index (χ0) is 23.1. The second-order valence-corrected chi connectivity index (χ2v) is 6.94. The molecule has 0 amide bonds. The van der Waals surface area contributed by atoms with E-state index in [-0.39, 0.29) is 0 Å². The number of nitrogens with zero attached hydrogens (tertiary/aromatic N) is 6. The van der Waals surface area contributed by atoms with Gasteiger partial charge in [-0.15, -0.1) is 0 Å². The Kier molecular flexibility index (Phi) is 7.36. The summed E-state index contributed by atoms with van der Waals surface area (Å²) in [5, 5.41) is 11.8. The Morgan fingerprint density at radius 2 is 1.97 bits per heavy atom. The summed E-state index contributed by atoms with van der Waals surface area (Å²) in [7, 11) is 2.00. The molecule has 3 aromatic heterocycles. The summed E-state index contributed by atoms with van der Waals surface area (Å²) in [6.45, 7) is 3.15. The third-order valence-corrected chi connectivity index (χ3v) is 4.67. The molecule has 0 aliphatic carbocycles. The van der Waals surface area contributed by atoms with E-state index < -0.39 is 12.1 Å². The highest BCUT2D eigenvalue weighted by molar-refractivity contribution is 5.73. The van der Waals surface area contributed by atoms with E-state index in [1.54, 1.807) is 12.4 Å². The molecule has 0 aromatic carbocycles. The number of hydrogen-bond acceptors (Lipinski definition) is 7. The van der Waals surface area contributed by atoms with E-state index in [2.05, 4.69) is 31.0 Å². The number of halogens is 3. The van der Waals surface area contributed by atoms with Gasteiger partial charge in [0.05, 0.1) is 18.1 Å². The molecule has 0 atom stereocenters. The van der Waals surface area contributed by atoms with Gasteiger partial charge in [-0.05, 0) is 12.1 Å². The standard InChI is InChI=1S/C18H20N6O.C2HF3O2/c1-23-18-5-7-24(10-14-4-2-3-6-21-14)11-16(18)17(22-23)12-25-15-8-19-13-20-9-15;3-2(4,5)1(6)7/h2-4,6,8-9,13H,5,7,10-12H2,1H3;(H,6,7). The second kappa shape index (κ2) is 10.2. The molecule has 0 spiro atoms. The topological polar surface area (TPSA) is 106 Å².